The first-order valence-corrected chi connectivity index (χ1v) is 5.95. The van der Waals surface area contributed by atoms with Gasteiger partial charge in [0.05, 0.1) is 0 Å². The zero-order valence-electron chi connectivity index (χ0n) is 10.1. The van der Waals surface area contributed by atoms with Crippen molar-refractivity contribution < 1.29 is 4.74 Å². The fourth-order valence-corrected chi connectivity index (χ4v) is 1.76. The van der Waals surface area contributed by atoms with Gasteiger partial charge in [-0.25, -0.2) is 0 Å². The molecule has 2 rings (SSSR count). The Hall–Kier alpha value is -1.73. The van der Waals surface area contributed by atoms with E-state index in [0.717, 1.165) is 6.61 Å². The minimum Gasteiger partial charge on any atom is -0.386 e. The highest BCUT2D eigenvalue weighted by molar-refractivity contribution is 5.47. The molecule has 0 atom stereocenters. The SMILES string of the molecule is CCOC[C-](C=C1C=CC=C1)c1ccccc1. The van der Waals surface area contributed by atoms with E-state index < -0.39 is 0 Å². The maximum Gasteiger partial charge on any atom is 0.0431 e. The monoisotopic (exact) mass is 225 g/mol. The second kappa shape index (κ2) is 6.12. The van der Waals surface area contributed by atoms with Crippen molar-refractivity contribution >= 4 is 0 Å². The van der Waals surface area contributed by atoms with Crippen LogP contribution in [0.25, 0.3) is 0 Å². The van der Waals surface area contributed by atoms with E-state index in [0.29, 0.717) is 6.61 Å². The van der Waals surface area contributed by atoms with Crippen molar-refractivity contribution in [2.75, 3.05) is 13.2 Å². The molecule has 0 saturated carbocycles. The van der Waals surface area contributed by atoms with Crippen molar-refractivity contribution in [1.82, 2.24) is 0 Å². The number of ether oxygens (including phenoxy) is 1. The maximum atomic E-state index is 5.53. The number of hydrogen-bond acceptors (Lipinski definition) is 1. The Bertz CT molecular complexity index is 412. The summed E-state index contributed by atoms with van der Waals surface area (Å²) in [4.78, 5) is 0. The van der Waals surface area contributed by atoms with E-state index >= 15 is 0 Å². The molecule has 0 radical (unpaired) electrons. The molecular weight excluding hydrogens is 208 g/mol. The van der Waals surface area contributed by atoms with E-state index in [2.05, 4.69) is 54.6 Å². The van der Waals surface area contributed by atoms with Gasteiger partial charge in [-0.15, -0.1) is 41.8 Å². The van der Waals surface area contributed by atoms with Crippen LogP contribution < -0.4 is 0 Å². The first-order chi connectivity index (χ1) is 8.40. The third-order valence-electron chi connectivity index (χ3n) is 2.64. The van der Waals surface area contributed by atoms with Gasteiger partial charge in [0.25, 0.3) is 0 Å². The number of rotatable bonds is 5. The summed E-state index contributed by atoms with van der Waals surface area (Å²) in [5.74, 6) is 1.22. The van der Waals surface area contributed by atoms with Crippen molar-refractivity contribution in [2.24, 2.45) is 0 Å². The minimum absolute atomic E-state index is 0.658. The van der Waals surface area contributed by atoms with Crippen LogP contribution in [0.5, 0.6) is 0 Å². The van der Waals surface area contributed by atoms with E-state index in [1.807, 2.05) is 13.0 Å². The first-order valence-electron chi connectivity index (χ1n) is 5.95. The molecule has 1 heteroatoms. The van der Waals surface area contributed by atoms with Gasteiger partial charge in [0, 0.05) is 13.2 Å². The molecule has 17 heavy (non-hydrogen) atoms. The van der Waals surface area contributed by atoms with Gasteiger partial charge in [-0.1, -0.05) is 35.9 Å². The molecule has 0 aliphatic heterocycles. The van der Waals surface area contributed by atoms with Crippen LogP contribution in [0.2, 0.25) is 0 Å². The first kappa shape index (κ1) is 11.7. The molecule has 1 aromatic carbocycles. The molecule has 1 aromatic rings. The normalized spacial score (nSPS) is 13.1. The summed E-state index contributed by atoms with van der Waals surface area (Å²) in [7, 11) is 0. The van der Waals surface area contributed by atoms with Crippen molar-refractivity contribution in [2.45, 2.75) is 6.92 Å². The highest BCUT2D eigenvalue weighted by Crippen LogP contribution is 2.20. The summed E-state index contributed by atoms with van der Waals surface area (Å²) < 4.78 is 5.53. The van der Waals surface area contributed by atoms with Gasteiger partial charge >= 0.3 is 0 Å². The van der Waals surface area contributed by atoms with E-state index in [-0.39, 0.29) is 0 Å². The number of hydrogen-bond donors (Lipinski definition) is 0. The Kier molecular flexibility index (Phi) is 4.23. The number of benzene rings is 1. The smallest absolute Gasteiger partial charge is 0.0431 e. The van der Waals surface area contributed by atoms with Crippen LogP contribution in [0.4, 0.5) is 0 Å². The lowest BCUT2D eigenvalue weighted by Crippen LogP contribution is -2.07. The van der Waals surface area contributed by atoms with Crippen molar-refractivity contribution in [3.63, 3.8) is 0 Å². The van der Waals surface area contributed by atoms with E-state index in [1.54, 1.807) is 0 Å². The summed E-state index contributed by atoms with van der Waals surface area (Å²) in [5.41, 5.74) is 2.45. The predicted molar refractivity (Wildman–Crippen MR) is 71.6 cm³/mol. The fraction of sp³-hybridized carbons (Fsp3) is 0.188. The molecule has 1 nitrogen and oxygen atoms in total. The lowest BCUT2D eigenvalue weighted by molar-refractivity contribution is 0.164. The summed E-state index contributed by atoms with van der Waals surface area (Å²) in [6.07, 6.45) is 10.5. The van der Waals surface area contributed by atoms with E-state index in [4.69, 9.17) is 4.74 Å². The van der Waals surface area contributed by atoms with E-state index in [1.165, 1.54) is 17.1 Å². The Balaban J connectivity index is 2.16. The Morgan fingerprint density at radius 1 is 1.12 bits per heavy atom. The van der Waals surface area contributed by atoms with Gasteiger partial charge in [0.1, 0.15) is 0 Å². The zero-order valence-corrected chi connectivity index (χ0v) is 10.1. The Labute approximate surface area is 103 Å². The van der Waals surface area contributed by atoms with Gasteiger partial charge < -0.3 is 4.74 Å². The second-order valence-corrected chi connectivity index (χ2v) is 3.89. The average molecular weight is 225 g/mol. The molecule has 0 unspecified atom stereocenters. The average Bonchev–Trinajstić information content (AvgIpc) is 2.88. The summed E-state index contributed by atoms with van der Waals surface area (Å²) in [6, 6.07) is 10.4. The molecule has 0 heterocycles. The van der Waals surface area contributed by atoms with Crippen LogP contribution in [0.3, 0.4) is 0 Å². The zero-order chi connectivity index (χ0) is 11.9. The molecule has 0 aromatic heterocycles. The highest BCUT2D eigenvalue weighted by Gasteiger charge is 2.01. The van der Waals surface area contributed by atoms with Crippen LogP contribution >= 0.6 is 0 Å². The standard InChI is InChI=1S/C16H17O/c1-2-17-13-16(12-14-8-6-7-9-14)15-10-4-3-5-11-15/h3-12H,2,13H2,1H3/q-1. The molecule has 1 aliphatic carbocycles. The molecule has 0 N–H and O–H groups in total. The van der Waals surface area contributed by atoms with Crippen molar-refractivity contribution in [3.05, 3.63) is 77.8 Å². The second-order valence-electron chi connectivity index (χ2n) is 3.89. The summed E-state index contributed by atoms with van der Waals surface area (Å²) in [5, 5.41) is 0. The lowest BCUT2D eigenvalue weighted by atomic mass is 9.97. The van der Waals surface area contributed by atoms with Crippen LogP contribution in [0.15, 0.2) is 66.3 Å². The molecule has 88 valence electrons. The van der Waals surface area contributed by atoms with Crippen LogP contribution in [0, 0.1) is 5.92 Å². The topological polar surface area (TPSA) is 9.23 Å². The van der Waals surface area contributed by atoms with Gasteiger partial charge in [-0.3, -0.25) is 0 Å². The largest absolute Gasteiger partial charge is 0.386 e. The third-order valence-corrected chi connectivity index (χ3v) is 2.64. The molecule has 0 bridgehead atoms. The Morgan fingerprint density at radius 2 is 1.82 bits per heavy atom. The Morgan fingerprint density at radius 3 is 2.47 bits per heavy atom. The maximum absolute atomic E-state index is 5.53. The van der Waals surface area contributed by atoms with Crippen molar-refractivity contribution in [3.8, 4) is 0 Å². The van der Waals surface area contributed by atoms with Gasteiger partial charge in [-0.05, 0) is 6.92 Å². The van der Waals surface area contributed by atoms with Gasteiger partial charge in [0.15, 0.2) is 0 Å². The molecule has 0 saturated heterocycles. The quantitative estimate of drug-likeness (QED) is 0.694. The molecule has 1 aliphatic rings. The van der Waals surface area contributed by atoms with E-state index in [9.17, 15) is 0 Å². The van der Waals surface area contributed by atoms with Gasteiger partial charge in [0.2, 0.25) is 0 Å². The molecule has 0 spiro atoms. The summed E-state index contributed by atoms with van der Waals surface area (Å²) in [6.45, 7) is 3.42. The predicted octanol–water partition coefficient (Wildman–Crippen LogP) is 3.70. The lowest BCUT2D eigenvalue weighted by Gasteiger charge is -2.21. The summed E-state index contributed by atoms with van der Waals surface area (Å²) >= 11 is 0. The minimum atomic E-state index is 0.658. The van der Waals surface area contributed by atoms with Crippen LogP contribution in [-0.2, 0) is 4.74 Å². The highest BCUT2D eigenvalue weighted by atomic mass is 16.5. The third kappa shape index (κ3) is 3.36. The number of allylic oxidation sites excluding steroid dienone is 5. The van der Waals surface area contributed by atoms with Crippen LogP contribution in [-0.4, -0.2) is 13.2 Å². The van der Waals surface area contributed by atoms with Crippen LogP contribution in [0.1, 0.15) is 12.5 Å². The fourth-order valence-electron chi connectivity index (χ4n) is 1.76. The molecular formula is C16H17O-. The van der Waals surface area contributed by atoms with Crippen molar-refractivity contribution in [1.29, 1.82) is 0 Å². The molecule has 0 amide bonds. The van der Waals surface area contributed by atoms with Gasteiger partial charge in [-0.2, -0.15) is 0 Å². The molecule has 0 fully saturated rings.